The van der Waals surface area contributed by atoms with E-state index in [0.717, 1.165) is 10.1 Å². The molecule has 0 aromatic carbocycles. The number of halogens is 2. The van der Waals surface area contributed by atoms with Crippen LogP contribution in [-0.4, -0.2) is 16.3 Å². The van der Waals surface area contributed by atoms with Gasteiger partial charge in [0.15, 0.2) is 5.62 Å². The average Bonchev–Trinajstić information content (AvgIpc) is 1.88. The Balaban J connectivity index is 2.55. The third-order valence-corrected chi connectivity index (χ3v) is 1.98. The molecule has 1 aliphatic heterocycles. The molecule has 1 N–H and O–H groups in total. The second kappa shape index (κ2) is 3.41. The van der Waals surface area contributed by atoms with E-state index in [-0.39, 0.29) is 5.62 Å². The first-order valence-corrected chi connectivity index (χ1v) is 4.48. The van der Waals surface area contributed by atoms with Crippen molar-refractivity contribution in [3.05, 3.63) is 11.8 Å². The predicted octanol–water partition coefficient (Wildman–Crippen LogP) is 1.50. The number of aliphatic imine (C=N–C) groups is 1. The topological polar surface area (TPSA) is 24.4 Å². The van der Waals surface area contributed by atoms with Crippen LogP contribution in [0.25, 0.3) is 0 Å². The molecule has 0 radical (unpaired) electrons. The molecule has 1 heterocycles. The first kappa shape index (κ1) is 7.34. The van der Waals surface area contributed by atoms with Gasteiger partial charge in [-0.3, -0.25) is 4.99 Å². The highest BCUT2D eigenvalue weighted by Gasteiger charge is 2.03. The summed E-state index contributed by atoms with van der Waals surface area (Å²) in [5.41, 5.74) is 0.866. The predicted molar refractivity (Wildman–Crippen MR) is 48.2 cm³/mol. The monoisotopic (exact) mass is 256 g/mol. The molecule has 0 saturated heterocycles. The Hall–Kier alpha value is 0.230. The molecule has 9 heavy (non-hydrogen) atoms. The maximum Gasteiger partial charge on any atom is 0.195 e. The molecule has 0 amide bonds. The minimum Gasteiger partial charge on any atom is -0.354 e. The van der Waals surface area contributed by atoms with Crippen LogP contribution in [0.4, 0.5) is 0 Å². The van der Waals surface area contributed by atoms with Gasteiger partial charge in [-0.15, -0.1) is 0 Å². The van der Waals surface area contributed by atoms with Crippen molar-refractivity contribution in [2.75, 3.05) is 4.43 Å². The summed E-state index contributed by atoms with van der Waals surface area (Å²) in [4.78, 5) is 3.88. The fourth-order valence-electron chi connectivity index (χ4n) is 0.530. The Morgan fingerprint density at radius 3 is 3.11 bits per heavy atom. The lowest BCUT2D eigenvalue weighted by Crippen LogP contribution is -2.24. The van der Waals surface area contributed by atoms with Gasteiger partial charge in [-0.2, -0.15) is 0 Å². The van der Waals surface area contributed by atoms with Crippen molar-refractivity contribution in [3.8, 4) is 0 Å². The van der Waals surface area contributed by atoms with Crippen LogP contribution in [0.1, 0.15) is 0 Å². The third kappa shape index (κ3) is 2.14. The van der Waals surface area contributed by atoms with Crippen LogP contribution in [0.3, 0.4) is 0 Å². The van der Waals surface area contributed by atoms with Gasteiger partial charge in [0.1, 0.15) is 0 Å². The van der Waals surface area contributed by atoms with Gasteiger partial charge < -0.3 is 5.32 Å². The molecule has 2 nitrogen and oxygen atoms in total. The van der Waals surface area contributed by atoms with E-state index in [0.29, 0.717) is 0 Å². The SMILES string of the molecule is ClC1N=CC=C(CI)N1. The number of nitrogens with zero attached hydrogens (tertiary/aromatic N) is 1. The average molecular weight is 256 g/mol. The molecule has 1 unspecified atom stereocenters. The molecule has 1 aliphatic rings. The van der Waals surface area contributed by atoms with E-state index in [1.165, 1.54) is 0 Å². The Morgan fingerprint density at radius 2 is 2.67 bits per heavy atom. The molecular weight excluding hydrogens is 250 g/mol. The van der Waals surface area contributed by atoms with Gasteiger partial charge >= 0.3 is 0 Å². The zero-order valence-electron chi connectivity index (χ0n) is 4.64. The van der Waals surface area contributed by atoms with Crippen LogP contribution in [0, 0.1) is 0 Å². The van der Waals surface area contributed by atoms with Crippen molar-refractivity contribution in [2.24, 2.45) is 4.99 Å². The van der Waals surface area contributed by atoms with Gasteiger partial charge in [0, 0.05) is 16.3 Å². The van der Waals surface area contributed by atoms with Crippen LogP contribution in [0.15, 0.2) is 16.8 Å². The fraction of sp³-hybridized carbons (Fsp3) is 0.400. The molecule has 0 aromatic rings. The maximum absolute atomic E-state index is 5.64. The number of nitrogens with one attached hydrogen (secondary N) is 1. The lowest BCUT2D eigenvalue weighted by Gasteiger charge is -2.13. The standard InChI is InChI=1S/C5H6ClIN2/c6-5-8-2-1-4(3-7)9-5/h1-2,5,9H,3H2. The van der Waals surface area contributed by atoms with E-state index >= 15 is 0 Å². The molecule has 0 aromatic heterocycles. The summed E-state index contributed by atoms with van der Waals surface area (Å²) in [7, 11) is 0. The van der Waals surface area contributed by atoms with Crippen molar-refractivity contribution in [1.29, 1.82) is 0 Å². The van der Waals surface area contributed by atoms with Gasteiger partial charge in [0.05, 0.1) is 0 Å². The van der Waals surface area contributed by atoms with E-state index in [1.807, 2.05) is 6.08 Å². The number of allylic oxidation sites excluding steroid dienone is 2. The van der Waals surface area contributed by atoms with Gasteiger partial charge in [-0.1, -0.05) is 34.2 Å². The highest BCUT2D eigenvalue weighted by atomic mass is 127. The molecular formula is C5H6ClIN2. The summed E-state index contributed by atoms with van der Waals surface area (Å²) in [5, 5.41) is 2.99. The summed E-state index contributed by atoms with van der Waals surface area (Å²) in [6, 6.07) is 0. The molecule has 0 bridgehead atoms. The summed E-state index contributed by atoms with van der Waals surface area (Å²) in [6.45, 7) is 0. The summed E-state index contributed by atoms with van der Waals surface area (Å²) in [5.74, 6) is 0. The van der Waals surface area contributed by atoms with Crippen LogP contribution in [-0.2, 0) is 0 Å². The summed E-state index contributed by atoms with van der Waals surface area (Å²) >= 11 is 7.90. The van der Waals surface area contributed by atoms with Crippen molar-refractivity contribution < 1.29 is 0 Å². The van der Waals surface area contributed by atoms with Gasteiger partial charge in [0.2, 0.25) is 0 Å². The van der Waals surface area contributed by atoms with E-state index in [1.54, 1.807) is 6.21 Å². The first-order chi connectivity index (χ1) is 4.33. The number of rotatable bonds is 1. The molecule has 50 valence electrons. The zero-order chi connectivity index (χ0) is 6.69. The summed E-state index contributed by atoms with van der Waals surface area (Å²) < 4.78 is 0.951. The van der Waals surface area contributed by atoms with Gasteiger partial charge in [0.25, 0.3) is 0 Å². The normalized spacial score (nSPS) is 25.1. The third-order valence-electron chi connectivity index (χ3n) is 0.941. The van der Waals surface area contributed by atoms with Crippen LogP contribution in [0.2, 0.25) is 0 Å². The van der Waals surface area contributed by atoms with Crippen LogP contribution < -0.4 is 5.32 Å². The lowest BCUT2D eigenvalue weighted by molar-refractivity contribution is 0.763. The van der Waals surface area contributed by atoms with E-state index < -0.39 is 0 Å². The maximum atomic E-state index is 5.64. The second-order valence-corrected chi connectivity index (χ2v) is 2.78. The highest BCUT2D eigenvalue weighted by molar-refractivity contribution is 14.1. The molecule has 0 fully saturated rings. The molecule has 4 heteroatoms. The van der Waals surface area contributed by atoms with E-state index in [9.17, 15) is 0 Å². The van der Waals surface area contributed by atoms with Crippen LogP contribution >= 0.6 is 34.2 Å². The Morgan fingerprint density at radius 1 is 1.89 bits per heavy atom. The molecule has 1 atom stereocenters. The Labute approximate surface area is 72.5 Å². The fourth-order valence-corrected chi connectivity index (χ4v) is 1.21. The van der Waals surface area contributed by atoms with Gasteiger partial charge in [-0.05, 0) is 6.08 Å². The van der Waals surface area contributed by atoms with E-state index in [4.69, 9.17) is 11.6 Å². The summed E-state index contributed by atoms with van der Waals surface area (Å²) in [6.07, 6.45) is 3.65. The molecule has 1 rings (SSSR count). The minimum atomic E-state index is -0.264. The van der Waals surface area contributed by atoms with Crippen molar-refractivity contribution in [2.45, 2.75) is 5.62 Å². The smallest absolute Gasteiger partial charge is 0.195 e. The zero-order valence-corrected chi connectivity index (χ0v) is 7.56. The number of alkyl halides is 2. The van der Waals surface area contributed by atoms with Crippen molar-refractivity contribution >= 4 is 40.4 Å². The quantitative estimate of drug-likeness (QED) is 0.429. The lowest BCUT2D eigenvalue weighted by atomic mass is 10.4. The highest BCUT2D eigenvalue weighted by Crippen LogP contribution is 2.04. The Bertz CT molecular complexity index is 155. The van der Waals surface area contributed by atoms with Crippen molar-refractivity contribution in [3.63, 3.8) is 0 Å². The number of hydrogen-bond donors (Lipinski definition) is 1. The van der Waals surface area contributed by atoms with Gasteiger partial charge in [-0.25, -0.2) is 0 Å². The largest absolute Gasteiger partial charge is 0.354 e. The van der Waals surface area contributed by atoms with Crippen molar-refractivity contribution in [1.82, 2.24) is 5.32 Å². The molecule has 0 aliphatic carbocycles. The van der Waals surface area contributed by atoms with E-state index in [2.05, 4.69) is 32.9 Å². The molecule has 0 saturated carbocycles. The minimum absolute atomic E-state index is 0.264. The first-order valence-electron chi connectivity index (χ1n) is 2.52. The molecule has 0 spiro atoms. The second-order valence-electron chi connectivity index (χ2n) is 1.60. The Kier molecular flexibility index (Phi) is 2.78. The number of hydrogen-bond acceptors (Lipinski definition) is 2. The van der Waals surface area contributed by atoms with Crippen LogP contribution in [0.5, 0.6) is 0 Å².